The Kier molecular flexibility index (Phi) is 3.22. The highest BCUT2D eigenvalue weighted by molar-refractivity contribution is 5.57. The van der Waals surface area contributed by atoms with E-state index in [4.69, 9.17) is 0 Å². The fourth-order valence-corrected chi connectivity index (χ4v) is 1.54. The molecule has 0 aliphatic rings. The molecule has 0 saturated heterocycles. The average molecular weight is 232 g/mol. The number of aromatic nitrogens is 4. The van der Waals surface area contributed by atoms with Crippen LogP contribution < -0.4 is 10.6 Å². The van der Waals surface area contributed by atoms with E-state index >= 15 is 0 Å². The topological polar surface area (TPSA) is 67.7 Å². The van der Waals surface area contributed by atoms with Crippen molar-refractivity contribution in [3.8, 4) is 0 Å². The lowest BCUT2D eigenvalue weighted by Gasteiger charge is -2.07. The van der Waals surface area contributed by atoms with Crippen molar-refractivity contribution in [2.45, 2.75) is 13.8 Å². The summed E-state index contributed by atoms with van der Waals surface area (Å²) in [6.45, 7) is 4.74. The second-order valence-electron chi connectivity index (χ2n) is 3.74. The Bertz CT molecular complexity index is 504. The number of rotatable bonds is 4. The Labute approximate surface area is 100 Å². The summed E-state index contributed by atoms with van der Waals surface area (Å²) in [7, 11) is 1.88. The van der Waals surface area contributed by atoms with Crippen LogP contribution in [-0.4, -0.2) is 26.3 Å². The predicted molar refractivity (Wildman–Crippen MR) is 67.4 cm³/mol. The van der Waals surface area contributed by atoms with Crippen LogP contribution in [-0.2, 0) is 7.05 Å². The van der Waals surface area contributed by atoms with E-state index in [0.717, 1.165) is 29.7 Å². The van der Waals surface area contributed by atoms with Crippen molar-refractivity contribution in [1.82, 2.24) is 19.7 Å². The Balaban J connectivity index is 2.20. The van der Waals surface area contributed by atoms with E-state index in [2.05, 4.69) is 25.7 Å². The summed E-state index contributed by atoms with van der Waals surface area (Å²) >= 11 is 0. The zero-order chi connectivity index (χ0) is 12.3. The summed E-state index contributed by atoms with van der Waals surface area (Å²) in [4.78, 5) is 8.61. The van der Waals surface area contributed by atoms with Gasteiger partial charge in [0.15, 0.2) is 0 Å². The van der Waals surface area contributed by atoms with Crippen LogP contribution in [0.25, 0.3) is 0 Å². The number of anilines is 3. The van der Waals surface area contributed by atoms with Gasteiger partial charge in [-0.2, -0.15) is 5.10 Å². The fourth-order valence-electron chi connectivity index (χ4n) is 1.54. The summed E-state index contributed by atoms with van der Waals surface area (Å²) in [5.74, 6) is 2.32. The van der Waals surface area contributed by atoms with Gasteiger partial charge in [-0.1, -0.05) is 0 Å². The zero-order valence-electron chi connectivity index (χ0n) is 10.2. The maximum absolute atomic E-state index is 4.32. The van der Waals surface area contributed by atoms with Crippen molar-refractivity contribution in [1.29, 1.82) is 0 Å². The summed E-state index contributed by atoms with van der Waals surface area (Å²) in [5, 5.41) is 10.4. The van der Waals surface area contributed by atoms with E-state index < -0.39 is 0 Å². The highest BCUT2D eigenvalue weighted by Crippen LogP contribution is 2.16. The van der Waals surface area contributed by atoms with E-state index in [1.807, 2.05) is 33.2 Å². The molecule has 0 atom stereocenters. The molecule has 90 valence electrons. The fraction of sp³-hybridized carbons (Fsp3) is 0.364. The molecular formula is C11H16N6. The van der Waals surface area contributed by atoms with Crippen LogP contribution in [0.3, 0.4) is 0 Å². The van der Waals surface area contributed by atoms with Crippen LogP contribution in [0.1, 0.15) is 12.7 Å². The first-order valence-electron chi connectivity index (χ1n) is 5.52. The minimum Gasteiger partial charge on any atom is -0.370 e. The van der Waals surface area contributed by atoms with Crippen molar-refractivity contribution >= 4 is 17.3 Å². The van der Waals surface area contributed by atoms with Gasteiger partial charge in [-0.25, -0.2) is 9.97 Å². The lowest BCUT2D eigenvalue weighted by Crippen LogP contribution is -2.03. The van der Waals surface area contributed by atoms with Crippen LogP contribution in [0.4, 0.5) is 17.3 Å². The first kappa shape index (κ1) is 11.4. The second kappa shape index (κ2) is 4.82. The largest absolute Gasteiger partial charge is 0.370 e. The molecular weight excluding hydrogens is 216 g/mol. The molecule has 17 heavy (non-hydrogen) atoms. The van der Waals surface area contributed by atoms with Crippen molar-refractivity contribution < 1.29 is 0 Å². The van der Waals surface area contributed by atoms with E-state index in [-0.39, 0.29) is 0 Å². The third-order valence-corrected chi connectivity index (χ3v) is 2.17. The molecule has 0 amide bonds. The van der Waals surface area contributed by atoms with E-state index in [0.29, 0.717) is 0 Å². The lowest BCUT2D eigenvalue weighted by molar-refractivity contribution is 0.768. The number of hydrogen-bond donors (Lipinski definition) is 2. The molecule has 0 unspecified atom stereocenters. The quantitative estimate of drug-likeness (QED) is 0.839. The van der Waals surface area contributed by atoms with Gasteiger partial charge in [0.2, 0.25) is 0 Å². The van der Waals surface area contributed by atoms with Crippen molar-refractivity contribution in [2.75, 3.05) is 17.2 Å². The zero-order valence-corrected chi connectivity index (χ0v) is 10.2. The summed E-state index contributed by atoms with van der Waals surface area (Å²) in [6.07, 6.45) is 3.65. The molecule has 2 aromatic heterocycles. The Morgan fingerprint density at radius 3 is 2.71 bits per heavy atom. The van der Waals surface area contributed by atoms with Gasteiger partial charge in [0.05, 0.1) is 11.9 Å². The summed E-state index contributed by atoms with van der Waals surface area (Å²) < 4.78 is 1.74. The monoisotopic (exact) mass is 232 g/mol. The van der Waals surface area contributed by atoms with E-state index in [1.54, 1.807) is 10.9 Å². The van der Waals surface area contributed by atoms with Crippen LogP contribution in [0.5, 0.6) is 0 Å². The molecule has 2 aromatic rings. The molecule has 0 aliphatic carbocycles. The molecule has 2 heterocycles. The number of nitrogens with one attached hydrogen (secondary N) is 2. The summed E-state index contributed by atoms with van der Waals surface area (Å²) in [6, 6.07) is 1.88. The maximum atomic E-state index is 4.32. The van der Waals surface area contributed by atoms with Crippen LogP contribution in [0.2, 0.25) is 0 Å². The molecule has 0 fully saturated rings. The van der Waals surface area contributed by atoms with E-state index in [1.165, 1.54) is 0 Å². The Hall–Kier alpha value is -2.11. The SMILES string of the molecule is CCNc1cc(Nc2cnn(C)c2)nc(C)n1. The molecule has 2 rings (SSSR count). The average Bonchev–Trinajstić information content (AvgIpc) is 2.63. The molecule has 2 N–H and O–H groups in total. The van der Waals surface area contributed by atoms with E-state index in [9.17, 15) is 0 Å². The summed E-state index contributed by atoms with van der Waals surface area (Å²) in [5.41, 5.74) is 0.910. The van der Waals surface area contributed by atoms with Crippen molar-refractivity contribution in [3.63, 3.8) is 0 Å². The minimum atomic E-state index is 0.731. The molecule has 0 spiro atoms. The van der Waals surface area contributed by atoms with Crippen LogP contribution >= 0.6 is 0 Å². The molecule has 6 nitrogen and oxygen atoms in total. The lowest BCUT2D eigenvalue weighted by atomic mass is 10.4. The number of nitrogens with zero attached hydrogens (tertiary/aromatic N) is 4. The first-order valence-corrected chi connectivity index (χ1v) is 5.52. The van der Waals surface area contributed by atoms with Crippen LogP contribution in [0.15, 0.2) is 18.5 Å². The van der Waals surface area contributed by atoms with Gasteiger partial charge in [0.25, 0.3) is 0 Å². The smallest absolute Gasteiger partial charge is 0.136 e. The highest BCUT2D eigenvalue weighted by Gasteiger charge is 2.02. The Morgan fingerprint density at radius 1 is 1.29 bits per heavy atom. The molecule has 0 saturated carbocycles. The molecule has 0 aliphatic heterocycles. The van der Waals surface area contributed by atoms with Crippen molar-refractivity contribution in [3.05, 3.63) is 24.3 Å². The molecule has 6 heteroatoms. The maximum Gasteiger partial charge on any atom is 0.136 e. The first-order chi connectivity index (χ1) is 8.17. The van der Waals surface area contributed by atoms with Gasteiger partial charge in [0.1, 0.15) is 17.5 Å². The normalized spacial score (nSPS) is 10.3. The number of hydrogen-bond acceptors (Lipinski definition) is 5. The molecule has 0 aromatic carbocycles. The van der Waals surface area contributed by atoms with Gasteiger partial charge < -0.3 is 10.6 Å². The van der Waals surface area contributed by atoms with Gasteiger partial charge in [0, 0.05) is 25.9 Å². The van der Waals surface area contributed by atoms with Gasteiger partial charge >= 0.3 is 0 Å². The predicted octanol–water partition coefficient (Wildman–Crippen LogP) is 1.69. The van der Waals surface area contributed by atoms with Crippen LogP contribution in [0, 0.1) is 6.92 Å². The molecule has 0 bridgehead atoms. The van der Waals surface area contributed by atoms with Gasteiger partial charge in [-0.05, 0) is 13.8 Å². The van der Waals surface area contributed by atoms with Gasteiger partial charge in [-0.15, -0.1) is 0 Å². The number of aryl methyl sites for hydroxylation is 2. The highest BCUT2D eigenvalue weighted by atomic mass is 15.3. The Morgan fingerprint density at radius 2 is 2.06 bits per heavy atom. The third-order valence-electron chi connectivity index (χ3n) is 2.17. The third kappa shape index (κ3) is 2.93. The second-order valence-corrected chi connectivity index (χ2v) is 3.74. The standard InChI is InChI=1S/C11H16N6/c1-4-12-10-5-11(15-8(2)14-10)16-9-6-13-17(3)7-9/h5-7H,4H2,1-3H3,(H2,12,14,15,16). The van der Waals surface area contributed by atoms with Gasteiger partial charge in [-0.3, -0.25) is 4.68 Å². The minimum absolute atomic E-state index is 0.731. The van der Waals surface area contributed by atoms with Crippen molar-refractivity contribution in [2.24, 2.45) is 7.05 Å². The molecule has 0 radical (unpaired) electrons.